The average molecular weight is 220 g/mol. The topological polar surface area (TPSA) is 35.5 Å². The van der Waals surface area contributed by atoms with Crippen LogP contribution in [0.5, 0.6) is 11.5 Å². The summed E-state index contributed by atoms with van der Waals surface area (Å²) in [6.45, 7) is 1.94. The molecule has 0 saturated heterocycles. The molecule has 3 nitrogen and oxygen atoms in total. The molecule has 0 amide bonds. The van der Waals surface area contributed by atoms with Crippen molar-refractivity contribution < 1.29 is 14.3 Å². The molecule has 0 atom stereocenters. The Balaban J connectivity index is 2.44. The lowest BCUT2D eigenvalue weighted by Gasteiger charge is -2.11. The molecule has 0 N–H and O–H groups in total. The molecule has 86 valence electrons. The van der Waals surface area contributed by atoms with Gasteiger partial charge in [-0.3, -0.25) is 4.79 Å². The zero-order valence-corrected chi connectivity index (χ0v) is 9.87. The first-order valence-electron chi connectivity index (χ1n) is 5.44. The van der Waals surface area contributed by atoms with Crippen LogP contribution >= 0.6 is 0 Å². The summed E-state index contributed by atoms with van der Waals surface area (Å²) < 4.78 is 10.5. The van der Waals surface area contributed by atoms with Gasteiger partial charge >= 0.3 is 0 Å². The molecule has 3 heteroatoms. The van der Waals surface area contributed by atoms with E-state index in [1.54, 1.807) is 20.3 Å². The molecule has 0 aliphatic heterocycles. The van der Waals surface area contributed by atoms with Crippen molar-refractivity contribution in [2.24, 2.45) is 5.92 Å². The lowest BCUT2D eigenvalue weighted by Crippen LogP contribution is -2.05. The second-order valence-electron chi connectivity index (χ2n) is 4.16. The molecule has 0 bridgehead atoms. The normalized spacial score (nSPS) is 14.7. The summed E-state index contributed by atoms with van der Waals surface area (Å²) in [4.78, 5) is 12.0. The first-order chi connectivity index (χ1) is 7.67. The van der Waals surface area contributed by atoms with Crippen LogP contribution in [-0.2, 0) is 0 Å². The molecule has 0 spiro atoms. The fraction of sp³-hybridized carbons (Fsp3) is 0.462. The van der Waals surface area contributed by atoms with E-state index in [0.29, 0.717) is 11.3 Å². The number of carbonyl (C=O) groups is 1. The Morgan fingerprint density at radius 2 is 1.81 bits per heavy atom. The largest absolute Gasteiger partial charge is 0.496 e. The highest BCUT2D eigenvalue weighted by atomic mass is 16.5. The minimum atomic E-state index is 0.176. The van der Waals surface area contributed by atoms with E-state index in [0.717, 1.165) is 24.2 Å². The molecular weight excluding hydrogens is 204 g/mol. The van der Waals surface area contributed by atoms with Gasteiger partial charge < -0.3 is 9.47 Å². The zero-order valence-electron chi connectivity index (χ0n) is 9.87. The maximum Gasteiger partial charge on any atom is 0.169 e. The molecule has 16 heavy (non-hydrogen) atoms. The predicted molar refractivity (Wildman–Crippen MR) is 61.3 cm³/mol. The standard InChI is InChI=1S/C13H16O3/c1-8-6-12(16-3)10(7-11(8)15-2)13(14)9-4-5-9/h6-7,9H,4-5H2,1-3H3. The highest BCUT2D eigenvalue weighted by Gasteiger charge is 2.32. The minimum absolute atomic E-state index is 0.176. The Morgan fingerprint density at radius 3 is 2.31 bits per heavy atom. The van der Waals surface area contributed by atoms with E-state index in [-0.39, 0.29) is 11.7 Å². The van der Waals surface area contributed by atoms with E-state index in [1.165, 1.54) is 0 Å². The van der Waals surface area contributed by atoms with E-state index >= 15 is 0 Å². The fourth-order valence-corrected chi connectivity index (χ4v) is 1.81. The molecule has 1 saturated carbocycles. The van der Waals surface area contributed by atoms with Gasteiger partial charge in [0.2, 0.25) is 0 Å². The van der Waals surface area contributed by atoms with E-state index in [2.05, 4.69) is 0 Å². The maximum atomic E-state index is 12.0. The summed E-state index contributed by atoms with van der Waals surface area (Å²) in [5.41, 5.74) is 1.62. The second-order valence-corrected chi connectivity index (χ2v) is 4.16. The number of carbonyl (C=O) groups excluding carboxylic acids is 1. The van der Waals surface area contributed by atoms with Crippen molar-refractivity contribution in [3.63, 3.8) is 0 Å². The molecular formula is C13H16O3. The van der Waals surface area contributed by atoms with Gasteiger partial charge in [0.15, 0.2) is 5.78 Å². The lowest BCUT2D eigenvalue weighted by molar-refractivity contribution is 0.0964. The van der Waals surface area contributed by atoms with Gasteiger partial charge in [-0.05, 0) is 37.5 Å². The summed E-state index contributed by atoms with van der Waals surface area (Å²) in [6, 6.07) is 3.64. The molecule has 0 heterocycles. The molecule has 1 aromatic rings. The Labute approximate surface area is 95.4 Å². The van der Waals surface area contributed by atoms with Crippen LogP contribution in [0.3, 0.4) is 0 Å². The van der Waals surface area contributed by atoms with Crippen molar-refractivity contribution in [3.8, 4) is 11.5 Å². The van der Waals surface area contributed by atoms with Crippen molar-refractivity contribution >= 4 is 5.78 Å². The fourth-order valence-electron chi connectivity index (χ4n) is 1.81. The summed E-state index contributed by atoms with van der Waals surface area (Å²) in [7, 11) is 3.20. The SMILES string of the molecule is COc1cc(C(=O)C2CC2)c(OC)cc1C. The molecule has 0 aromatic heterocycles. The van der Waals surface area contributed by atoms with Gasteiger partial charge in [0.05, 0.1) is 19.8 Å². The highest BCUT2D eigenvalue weighted by Crippen LogP contribution is 2.37. The van der Waals surface area contributed by atoms with E-state index in [4.69, 9.17) is 9.47 Å². The number of rotatable bonds is 4. The van der Waals surface area contributed by atoms with Gasteiger partial charge in [0.1, 0.15) is 11.5 Å². The van der Waals surface area contributed by atoms with Crippen molar-refractivity contribution in [1.29, 1.82) is 0 Å². The predicted octanol–water partition coefficient (Wildman–Crippen LogP) is 2.60. The zero-order chi connectivity index (χ0) is 11.7. The van der Waals surface area contributed by atoms with Gasteiger partial charge in [0, 0.05) is 5.92 Å². The number of ketones is 1. The molecule has 1 aliphatic rings. The smallest absolute Gasteiger partial charge is 0.169 e. The van der Waals surface area contributed by atoms with Crippen LogP contribution in [-0.4, -0.2) is 20.0 Å². The van der Waals surface area contributed by atoms with Gasteiger partial charge in [-0.1, -0.05) is 0 Å². The lowest BCUT2D eigenvalue weighted by atomic mass is 10.0. The van der Waals surface area contributed by atoms with Crippen molar-refractivity contribution in [1.82, 2.24) is 0 Å². The number of Topliss-reactive ketones (excluding diaryl/α,β-unsaturated/α-hetero) is 1. The first kappa shape index (κ1) is 11.0. The number of aryl methyl sites for hydroxylation is 1. The van der Waals surface area contributed by atoms with E-state index < -0.39 is 0 Å². The van der Waals surface area contributed by atoms with Crippen LogP contribution in [0, 0.1) is 12.8 Å². The van der Waals surface area contributed by atoms with Crippen LogP contribution in [0.2, 0.25) is 0 Å². The molecule has 0 unspecified atom stereocenters. The third-order valence-electron chi connectivity index (χ3n) is 2.93. The number of methoxy groups -OCH3 is 2. The molecule has 0 radical (unpaired) electrons. The minimum Gasteiger partial charge on any atom is -0.496 e. The van der Waals surface area contributed by atoms with Crippen LogP contribution < -0.4 is 9.47 Å². The van der Waals surface area contributed by atoms with Crippen molar-refractivity contribution in [2.75, 3.05) is 14.2 Å². The van der Waals surface area contributed by atoms with Gasteiger partial charge in [-0.15, -0.1) is 0 Å². The molecule has 1 fully saturated rings. The van der Waals surface area contributed by atoms with Crippen LogP contribution in [0.1, 0.15) is 28.8 Å². The first-order valence-corrected chi connectivity index (χ1v) is 5.44. The van der Waals surface area contributed by atoms with Crippen LogP contribution in [0.25, 0.3) is 0 Å². The summed E-state index contributed by atoms with van der Waals surface area (Å²) in [5.74, 6) is 1.76. The highest BCUT2D eigenvalue weighted by molar-refractivity contribution is 6.02. The number of benzene rings is 1. The Hall–Kier alpha value is -1.51. The van der Waals surface area contributed by atoms with Crippen LogP contribution in [0.4, 0.5) is 0 Å². The molecule has 2 rings (SSSR count). The quantitative estimate of drug-likeness (QED) is 0.732. The Morgan fingerprint density at radius 1 is 1.19 bits per heavy atom. The van der Waals surface area contributed by atoms with Crippen molar-refractivity contribution in [2.45, 2.75) is 19.8 Å². The maximum absolute atomic E-state index is 12.0. The van der Waals surface area contributed by atoms with Gasteiger partial charge in [0.25, 0.3) is 0 Å². The number of hydrogen-bond acceptors (Lipinski definition) is 3. The van der Waals surface area contributed by atoms with Crippen molar-refractivity contribution in [3.05, 3.63) is 23.3 Å². The summed E-state index contributed by atoms with van der Waals surface area (Å²) in [6.07, 6.45) is 2.00. The summed E-state index contributed by atoms with van der Waals surface area (Å²) in [5, 5.41) is 0. The van der Waals surface area contributed by atoms with E-state index in [1.807, 2.05) is 13.0 Å². The summed E-state index contributed by atoms with van der Waals surface area (Å²) >= 11 is 0. The molecule has 1 aromatic carbocycles. The number of hydrogen-bond donors (Lipinski definition) is 0. The third-order valence-corrected chi connectivity index (χ3v) is 2.93. The molecule has 1 aliphatic carbocycles. The van der Waals surface area contributed by atoms with Crippen LogP contribution in [0.15, 0.2) is 12.1 Å². The van der Waals surface area contributed by atoms with E-state index in [9.17, 15) is 4.79 Å². The number of ether oxygens (including phenoxy) is 2. The Kier molecular flexibility index (Phi) is 2.86. The third kappa shape index (κ3) is 1.90. The second kappa shape index (κ2) is 4.16. The Bertz CT molecular complexity index is 419. The van der Waals surface area contributed by atoms with Gasteiger partial charge in [-0.25, -0.2) is 0 Å². The average Bonchev–Trinajstić information content (AvgIpc) is 3.11. The van der Waals surface area contributed by atoms with Gasteiger partial charge in [-0.2, -0.15) is 0 Å². The monoisotopic (exact) mass is 220 g/mol.